The highest BCUT2D eigenvalue weighted by Crippen LogP contribution is 2.23. The lowest BCUT2D eigenvalue weighted by Crippen LogP contribution is -2.49. The van der Waals surface area contributed by atoms with Gasteiger partial charge >= 0.3 is 0 Å². The largest absolute Gasteiger partial charge is 0.352 e. The van der Waals surface area contributed by atoms with Crippen molar-refractivity contribution in [2.24, 2.45) is 0 Å². The lowest BCUT2D eigenvalue weighted by Gasteiger charge is -2.35. The smallest absolute Gasteiger partial charge is 0.254 e. The van der Waals surface area contributed by atoms with E-state index in [1.54, 1.807) is 24.5 Å². The molecule has 0 saturated carbocycles. The average molecular weight is 323 g/mol. The summed E-state index contributed by atoms with van der Waals surface area (Å²) in [4.78, 5) is 20.6. The Kier molecular flexibility index (Phi) is 4.11. The van der Waals surface area contributed by atoms with Gasteiger partial charge in [0.25, 0.3) is 5.91 Å². The van der Waals surface area contributed by atoms with Gasteiger partial charge in [-0.2, -0.15) is 5.10 Å². The van der Waals surface area contributed by atoms with Gasteiger partial charge in [-0.3, -0.25) is 9.78 Å². The number of hydrogen-bond acceptors (Lipinski definition) is 5. The van der Waals surface area contributed by atoms with Gasteiger partial charge in [-0.1, -0.05) is 0 Å². The lowest BCUT2D eigenvalue weighted by molar-refractivity contribution is 0.0746. The van der Waals surface area contributed by atoms with E-state index in [-0.39, 0.29) is 5.91 Å². The molecule has 1 fully saturated rings. The minimum Gasteiger partial charge on any atom is -0.352 e. The molecular weight excluding hydrogens is 302 g/mol. The van der Waals surface area contributed by atoms with Gasteiger partial charge in [0.1, 0.15) is 0 Å². The summed E-state index contributed by atoms with van der Waals surface area (Å²) in [6.45, 7) is 3.01. The van der Waals surface area contributed by atoms with Crippen LogP contribution in [0.1, 0.15) is 34.5 Å². The van der Waals surface area contributed by atoms with Crippen molar-refractivity contribution < 1.29 is 4.79 Å². The average Bonchev–Trinajstić information content (AvgIpc) is 2.68. The number of hydrogen-bond donors (Lipinski definition) is 0. The molecule has 1 amide bonds. The summed E-state index contributed by atoms with van der Waals surface area (Å²) in [5.41, 5.74) is 3.21. The van der Waals surface area contributed by atoms with Gasteiger partial charge < -0.3 is 9.80 Å². The van der Waals surface area contributed by atoms with Crippen LogP contribution in [0.3, 0.4) is 0 Å². The molecule has 1 saturated heterocycles. The van der Waals surface area contributed by atoms with E-state index in [1.807, 2.05) is 4.90 Å². The third kappa shape index (κ3) is 2.96. The quantitative estimate of drug-likeness (QED) is 0.842. The van der Waals surface area contributed by atoms with E-state index in [0.29, 0.717) is 18.7 Å². The lowest BCUT2D eigenvalue weighted by atomic mass is 9.97. The van der Waals surface area contributed by atoms with Crippen molar-refractivity contribution in [1.29, 1.82) is 0 Å². The second-order valence-corrected chi connectivity index (χ2v) is 6.40. The standard InChI is InChI=1S/C18H21N5O/c24-18(14-5-7-19-8-6-14)23-11-9-22(10-12-23)17-13-15-3-1-2-4-16(15)20-21-17/h5-8,13H,1-4,9-12H2. The number of piperazine rings is 1. The van der Waals surface area contributed by atoms with Gasteiger partial charge in [-0.05, 0) is 49.4 Å². The third-order valence-electron chi connectivity index (χ3n) is 4.88. The van der Waals surface area contributed by atoms with Crippen LogP contribution in [0.25, 0.3) is 0 Å². The Hall–Kier alpha value is -2.50. The highest BCUT2D eigenvalue weighted by molar-refractivity contribution is 5.94. The van der Waals surface area contributed by atoms with Crippen molar-refractivity contribution >= 4 is 11.7 Å². The van der Waals surface area contributed by atoms with E-state index in [9.17, 15) is 4.79 Å². The maximum absolute atomic E-state index is 12.5. The number of carbonyl (C=O) groups excluding carboxylic acids is 1. The molecular formula is C18H21N5O. The van der Waals surface area contributed by atoms with Crippen LogP contribution >= 0.6 is 0 Å². The van der Waals surface area contributed by atoms with E-state index in [1.165, 1.54) is 18.4 Å². The fraction of sp³-hybridized carbons (Fsp3) is 0.444. The van der Waals surface area contributed by atoms with E-state index in [4.69, 9.17) is 0 Å². The molecule has 1 aliphatic heterocycles. The normalized spacial score (nSPS) is 17.5. The summed E-state index contributed by atoms with van der Waals surface area (Å²) in [5, 5.41) is 8.82. The van der Waals surface area contributed by atoms with Crippen LogP contribution in [0.4, 0.5) is 5.82 Å². The summed E-state index contributed by atoms with van der Waals surface area (Å²) >= 11 is 0. The summed E-state index contributed by atoms with van der Waals surface area (Å²) in [7, 11) is 0. The topological polar surface area (TPSA) is 62.2 Å². The molecule has 6 nitrogen and oxygen atoms in total. The van der Waals surface area contributed by atoms with Crippen LogP contribution < -0.4 is 4.90 Å². The fourth-order valence-electron chi connectivity index (χ4n) is 3.45. The molecule has 0 spiro atoms. The molecule has 2 aromatic rings. The minimum absolute atomic E-state index is 0.0774. The van der Waals surface area contributed by atoms with E-state index in [2.05, 4.69) is 26.1 Å². The van der Waals surface area contributed by atoms with E-state index in [0.717, 1.165) is 37.4 Å². The van der Waals surface area contributed by atoms with Crippen molar-refractivity contribution in [1.82, 2.24) is 20.1 Å². The number of rotatable bonds is 2. The number of aryl methyl sites for hydroxylation is 2. The van der Waals surface area contributed by atoms with Crippen LogP contribution in [-0.2, 0) is 12.8 Å². The number of amides is 1. The Morgan fingerprint density at radius 1 is 0.958 bits per heavy atom. The van der Waals surface area contributed by atoms with Crippen molar-refractivity contribution in [3.63, 3.8) is 0 Å². The maximum atomic E-state index is 12.5. The third-order valence-corrected chi connectivity index (χ3v) is 4.88. The van der Waals surface area contributed by atoms with Gasteiger partial charge in [0.15, 0.2) is 5.82 Å². The summed E-state index contributed by atoms with van der Waals surface area (Å²) < 4.78 is 0. The number of nitrogens with zero attached hydrogens (tertiary/aromatic N) is 5. The second-order valence-electron chi connectivity index (χ2n) is 6.40. The molecule has 0 radical (unpaired) electrons. The summed E-state index contributed by atoms with van der Waals surface area (Å²) in [6, 6.07) is 5.73. The first kappa shape index (κ1) is 15.1. The number of pyridine rings is 1. The van der Waals surface area contributed by atoms with Crippen LogP contribution in [0.5, 0.6) is 0 Å². The molecule has 124 valence electrons. The first-order chi connectivity index (χ1) is 11.8. The Labute approximate surface area is 141 Å². The van der Waals surface area contributed by atoms with Gasteiger partial charge in [-0.15, -0.1) is 5.10 Å². The molecule has 0 aromatic carbocycles. The molecule has 3 heterocycles. The van der Waals surface area contributed by atoms with Gasteiger partial charge in [-0.25, -0.2) is 0 Å². The Morgan fingerprint density at radius 2 is 1.71 bits per heavy atom. The zero-order valence-corrected chi connectivity index (χ0v) is 13.7. The van der Waals surface area contributed by atoms with E-state index < -0.39 is 0 Å². The minimum atomic E-state index is 0.0774. The molecule has 0 atom stereocenters. The van der Waals surface area contributed by atoms with Crippen molar-refractivity contribution in [2.45, 2.75) is 25.7 Å². The Balaban J connectivity index is 1.42. The first-order valence-electron chi connectivity index (χ1n) is 8.61. The molecule has 2 aromatic heterocycles. The van der Waals surface area contributed by atoms with Crippen LogP contribution in [0, 0.1) is 0 Å². The SMILES string of the molecule is O=C(c1ccncc1)N1CCN(c2cc3c(nn2)CCCC3)CC1. The van der Waals surface area contributed by atoms with Crippen LogP contribution in [-0.4, -0.2) is 52.2 Å². The molecule has 0 bridgehead atoms. The van der Waals surface area contributed by atoms with Gasteiger partial charge in [0.05, 0.1) is 5.69 Å². The zero-order chi connectivity index (χ0) is 16.4. The molecule has 1 aliphatic carbocycles. The van der Waals surface area contributed by atoms with Gasteiger partial charge in [0, 0.05) is 44.1 Å². The van der Waals surface area contributed by atoms with Crippen LogP contribution in [0.2, 0.25) is 0 Å². The molecule has 24 heavy (non-hydrogen) atoms. The number of aromatic nitrogens is 3. The maximum Gasteiger partial charge on any atom is 0.254 e. The molecule has 0 N–H and O–H groups in total. The fourth-order valence-corrected chi connectivity index (χ4v) is 3.45. The van der Waals surface area contributed by atoms with Crippen molar-refractivity contribution in [3.8, 4) is 0 Å². The first-order valence-corrected chi connectivity index (χ1v) is 8.61. The van der Waals surface area contributed by atoms with Crippen molar-refractivity contribution in [3.05, 3.63) is 47.4 Å². The molecule has 4 rings (SSSR count). The Bertz CT molecular complexity index is 725. The zero-order valence-electron chi connectivity index (χ0n) is 13.7. The highest BCUT2D eigenvalue weighted by Gasteiger charge is 2.24. The molecule has 2 aliphatic rings. The summed E-state index contributed by atoms with van der Waals surface area (Å²) in [5.74, 6) is 1.03. The second kappa shape index (κ2) is 6.55. The number of anilines is 1. The van der Waals surface area contributed by atoms with Gasteiger partial charge in [0.2, 0.25) is 0 Å². The summed E-state index contributed by atoms with van der Waals surface area (Å²) in [6.07, 6.45) is 7.94. The molecule has 0 unspecified atom stereocenters. The van der Waals surface area contributed by atoms with Crippen LogP contribution in [0.15, 0.2) is 30.6 Å². The monoisotopic (exact) mass is 323 g/mol. The van der Waals surface area contributed by atoms with E-state index >= 15 is 0 Å². The predicted molar refractivity (Wildman–Crippen MR) is 91.0 cm³/mol. The Morgan fingerprint density at radius 3 is 2.50 bits per heavy atom. The highest BCUT2D eigenvalue weighted by atomic mass is 16.2. The predicted octanol–water partition coefficient (Wildman–Crippen LogP) is 1.71. The number of fused-ring (bicyclic) bond motifs is 1. The van der Waals surface area contributed by atoms with Crippen molar-refractivity contribution in [2.75, 3.05) is 31.1 Å². The number of carbonyl (C=O) groups is 1. The molecule has 6 heteroatoms.